The van der Waals surface area contributed by atoms with E-state index in [1.54, 1.807) is 0 Å². The van der Waals surface area contributed by atoms with Crippen molar-refractivity contribution in [2.45, 2.75) is 36.7 Å². The molecule has 1 fully saturated rings. The van der Waals surface area contributed by atoms with E-state index in [0.717, 1.165) is 12.8 Å². The van der Waals surface area contributed by atoms with E-state index in [0.29, 0.717) is 17.1 Å². The molecule has 0 unspecified atom stereocenters. The normalized spacial score (nSPS) is 32.4. The van der Waals surface area contributed by atoms with Gasteiger partial charge in [-0.25, -0.2) is 0 Å². The summed E-state index contributed by atoms with van der Waals surface area (Å²) >= 11 is 1.86. The molecular formula is C17H19NS. The first-order valence-corrected chi connectivity index (χ1v) is 7.89. The molecule has 0 saturated heterocycles. The number of benzene rings is 1. The number of nitriles is 1. The third-order valence-electron chi connectivity index (χ3n) is 4.25. The number of hydrogen-bond donors (Lipinski definition) is 0. The van der Waals surface area contributed by atoms with Gasteiger partial charge in [0, 0.05) is 11.2 Å². The molecule has 0 amide bonds. The molecule has 19 heavy (non-hydrogen) atoms. The van der Waals surface area contributed by atoms with Crippen LogP contribution in [0.3, 0.4) is 0 Å². The maximum Gasteiger partial charge on any atom is 0.109 e. The molecule has 2 heteroatoms. The maximum atomic E-state index is 9.64. The summed E-state index contributed by atoms with van der Waals surface area (Å²) in [5.41, 5.74) is 2.82. The molecule has 2 aliphatic carbocycles. The minimum Gasteiger partial charge on any atom is -0.197 e. The van der Waals surface area contributed by atoms with E-state index in [4.69, 9.17) is 0 Å². The molecular weight excluding hydrogens is 250 g/mol. The molecule has 0 aromatic heterocycles. The Morgan fingerprint density at radius 1 is 1.32 bits per heavy atom. The fourth-order valence-electron chi connectivity index (χ4n) is 3.56. The van der Waals surface area contributed by atoms with E-state index in [1.165, 1.54) is 11.1 Å². The minimum atomic E-state index is -0.170. The standard InChI is InChI=1S/C17H19NS/c1-12(2)19-17(11-18)10-14-8-15(17)9-16(14)13-6-4-3-5-7-13/h3-7,9,12,14-15H,8,10H2,1-2H3/t14-,15-,17+/m0/s1. The van der Waals surface area contributed by atoms with E-state index in [-0.39, 0.29) is 4.75 Å². The summed E-state index contributed by atoms with van der Waals surface area (Å²) in [6, 6.07) is 13.3. The van der Waals surface area contributed by atoms with E-state index < -0.39 is 0 Å². The molecule has 2 aliphatic rings. The molecule has 0 aliphatic heterocycles. The van der Waals surface area contributed by atoms with Crippen molar-refractivity contribution in [1.29, 1.82) is 5.26 Å². The quantitative estimate of drug-likeness (QED) is 0.806. The molecule has 0 radical (unpaired) electrons. The van der Waals surface area contributed by atoms with Crippen molar-refractivity contribution in [1.82, 2.24) is 0 Å². The van der Waals surface area contributed by atoms with Crippen molar-refractivity contribution in [2.75, 3.05) is 0 Å². The van der Waals surface area contributed by atoms with E-state index in [2.05, 4.69) is 56.3 Å². The van der Waals surface area contributed by atoms with Crippen molar-refractivity contribution in [3.8, 4) is 6.07 Å². The molecule has 2 bridgehead atoms. The number of rotatable bonds is 3. The van der Waals surface area contributed by atoms with E-state index in [9.17, 15) is 5.26 Å². The summed E-state index contributed by atoms with van der Waals surface area (Å²) in [7, 11) is 0. The largest absolute Gasteiger partial charge is 0.197 e. The number of nitrogens with zero attached hydrogens (tertiary/aromatic N) is 1. The van der Waals surface area contributed by atoms with Crippen molar-refractivity contribution in [2.24, 2.45) is 11.8 Å². The van der Waals surface area contributed by atoms with Gasteiger partial charge in [-0.15, -0.1) is 11.8 Å². The summed E-state index contributed by atoms with van der Waals surface area (Å²) in [5.74, 6) is 1.02. The highest BCUT2D eigenvalue weighted by molar-refractivity contribution is 8.01. The van der Waals surface area contributed by atoms with Crippen LogP contribution in [0.2, 0.25) is 0 Å². The minimum absolute atomic E-state index is 0.170. The Morgan fingerprint density at radius 3 is 2.58 bits per heavy atom. The first kappa shape index (κ1) is 12.8. The van der Waals surface area contributed by atoms with Gasteiger partial charge in [-0.2, -0.15) is 5.26 Å². The lowest BCUT2D eigenvalue weighted by Crippen LogP contribution is -2.30. The Bertz CT molecular complexity index is 540. The van der Waals surface area contributed by atoms with Crippen LogP contribution >= 0.6 is 11.8 Å². The Morgan fingerprint density at radius 2 is 2.05 bits per heavy atom. The summed E-state index contributed by atoms with van der Waals surface area (Å²) in [6.07, 6.45) is 4.57. The third kappa shape index (κ3) is 2.11. The molecule has 1 nitrogen and oxygen atoms in total. The van der Waals surface area contributed by atoms with Gasteiger partial charge in [0.15, 0.2) is 0 Å². The van der Waals surface area contributed by atoms with Gasteiger partial charge in [-0.05, 0) is 29.9 Å². The summed E-state index contributed by atoms with van der Waals surface area (Å²) in [6.45, 7) is 4.38. The third-order valence-corrected chi connectivity index (χ3v) is 5.70. The van der Waals surface area contributed by atoms with Crippen molar-refractivity contribution in [3.05, 3.63) is 42.0 Å². The van der Waals surface area contributed by atoms with Crippen LogP contribution in [0.5, 0.6) is 0 Å². The average molecular weight is 269 g/mol. The van der Waals surface area contributed by atoms with Gasteiger partial charge in [-0.1, -0.05) is 50.3 Å². The van der Waals surface area contributed by atoms with Gasteiger partial charge in [0.25, 0.3) is 0 Å². The molecule has 0 heterocycles. The topological polar surface area (TPSA) is 23.8 Å². The number of thioether (sulfide) groups is 1. The molecule has 1 aromatic carbocycles. The number of fused-ring (bicyclic) bond motifs is 2. The second kappa shape index (κ2) is 4.72. The van der Waals surface area contributed by atoms with Crippen molar-refractivity contribution >= 4 is 17.3 Å². The first-order valence-electron chi connectivity index (χ1n) is 7.01. The molecule has 98 valence electrons. The Balaban J connectivity index is 1.90. The lowest BCUT2D eigenvalue weighted by Gasteiger charge is -2.31. The smallest absolute Gasteiger partial charge is 0.109 e. The van der Waals surface area contributed by atoms with Crippen LogP contribution < -0.4 is 0 Å². The van der Waals surface area contributed by atoms with Crippen LogP contribution in [0.25, 0.3) is 5.57 Å². The van der Waals surface area contributed by atoms with Gasteiger partial charge in [0.2, 0.25) is 0 Å². The average Bonchev–Trinajstić information content (AvgIpc) is 2.97. The molecule has 1 aromatic rings. The SMILES string of the molecule is CC(C)S[C@@]1(C#N)C[C@@H]2C[C@H]1C=C2c1ccccc1. The van der Waals surface area contributed by atoms with E-state index in [1.807, 2.05) is 11.8 Å². The lowest BCUT2D eigenvalue weighted by molar-refractivity contribution is 0.614. The number of allylic oxidation sites excluding steroid dienone is 2. The highest BCUT2D eigenvalue weighted by Crippen LogP contribution is 2.58. The molecule has 0 N–H and O–H groups in total. The monoisotopic (exact) mass is 269 g/mol. The van der Waals surface area contributed by atoms with Crippen molar-refractivity contribution < 1.29 is 0 Å². The molecule has 3 atom stereocenters. The van der Waals surface area contributed by atoms with E-state index >= 15 is 0 Å². The van der Waals surface area contributed by atoms with Crippen LogP contribution in [0.15, 0.2) is 36.4 Å². The van der Waals surface area contributed by atoms with Crippen LogP contribution in [0.4, 0.5) is 0 Å². The zero-order valence-electron chi connectivity index (χ0n) is 11.5. The molecule has 0 spiro atoms. The Kier molecular flexibility index (Phi) is 3.19. The highest BCUT2D eigenvalue weighted by atomic mass is 32.2. The van der Waals surface area contributed by atoms with Gasteiger partial charge in [0.05, 0.1) is 6.07 Å². The maximum absolute atomic E-state index is 9.64. The van der Waals surface area contributed by atoms with Gasteiger partial charge in [-0.3, -0.25) is 0 Å². The lowest BCUT2D eigenvalue weighted by atomic mass is 9.86. The van der Waals surface area contributed by atoms with Crippen LogP contribution in [-0.4, -0.2) is 10.00 Å². The highest BCUT2D eigenvalue weighted by Gasteiger charge is 2.52. The van der Waals surface area contributed by atoms with Gasteiger partial charge in [0.1, 0.15) is 4.75 Å². The zero-order chi connectivity index (χ0) is 13.5. The van der Waals surface area contributed by atoms with Crippen LogP contribution in [0.1, 0.15) is 32.3 Å². The summed E-state index contributed by atoms with van der Waals surface area (Å²) in [4.78, 5) is 0. The zero-order valence-corrected chi connectivity index (χ0v) is 12.3. The fourth-order valence-corrected chi connectivity index (χ4v) is 5.09. The van der Waals surface area contributed by atoms with Crippen molar-refractivity contribution in [3.63, 3.8) is 0 Å². The second-order valence-corrected chi connectivity index (χ2v) is 7.81. The predicted molar refractivity (Wildman–Crippen MR) is 81.7 cm³/mol. The second-order valence-electron chi connectivity index (χ2n) is 5.90. The van der Waals surface area contributed by atoms with Crippen LogP contribution in [-0.2, 0) is 0 Å². The Hall–Kier alpha value is -1.20. The summed E-state index contributed by atoms with van der Waals surface area (Å²) in [5, 5.41) is 10.2. The molecule has 1 saturated carbocycles. The first-order chi connectivity index (χ1) is 9.14. The van der Waals surface area contributed by atoms with Gasteiger partial charge >= 0.3 is 0 Å². The summed E-state index contributed by atoms with van der Waals surface area (Å²) < 4.78 is -0.170. The predicted octanol–water partition coefficient (Wildman–Crippen LogP) is 4.51. The van der Waals surface area contributed by atoms with Gasteiger partial charge < -0.3 is 0 Å². The molecule has 3 rings (SSSR count). The van der Waals surface area contributed by atoms with Crippen LogP contribution in [0, 0.1) is 23.2 Å². The number of hydrogen-bond acceptors (Lipinski definition) is 2. The Labute approximate surface area is 119 Å². The fraction of sp³-hybridized carbons (Fsp3) is 0.471.